The number of halogens is 2. The zero-order chi connectivity index (χ0) is 12.3. The van der Waals surface area contributed by atoms with Gasteiger partial charge in [-0.1, -0.05) is 15.9 Å². The van der Waals surface area contributed by atoms with Gasteiger partial charge in [-0.25, -0.2) is 9.37 Å². The van der Waals surface area contributed by atoms with E-state index in [9.17, 15) is 4.39 Å². The van der Waals surface area contributed by atoms with Gasteiger partial charge in [0.25, 0.3) is 0 Å². The second-order valence-electron chi connectivity index (χ2n) is 3.30. The van der Waals surface area contributed by atoms with Crippen molar-refractivity contribution < 1.29 is 14.2 Å². The van der Waals surface area contributed by atoms with Crippen LogP contribution in [0.1, 0.15) is 5.56 Å². The first-order valence-corrected chi connectivity index (χ1v) is 5.67. The predicted octanol–water partition coefficient (Wildman–Crippen LogP) is 3.27. The minimum Gasteiger partial charge on any atom is -0.436 e. The van der Waals surface area contributed by atoms with Crippen molar-refractivity contribution in [1.82, 2.24) is 4.98 Å². The van der Waals surface area contributed by atoms with Gasteiger partial charge in [-0.15, -0.1) is 0 Å². The summed E-state index contributed by atoms with van der Waals surface area (Å²) in [5.41, 5.74) is 0.506. The van der Waals surface area contributed by atoms with Gasteiger partial charge in [0, 0.05) is 16.2 Å². The van der Waals surface area contributed by atoms with Gasteiger partial charge in [0.15, 0.2) is 11.6 Å². The average Bonchev–Trinajstić information content (AvgIpc) is 2.34. The lowest BCUT2D eigenvalue weighted by Gasteiger charge is -2.09. The van der Waals surface area contributed by atoms with Gasteiger partial charge in [-0.2, -0.15) is 0 Å². The molecule has 0 radical (unpaired) electrons. The predicted molar refractivity (Wildman–Crippen MR) is 64.3 cm³/mol. The lowest BCUT2D eigenvalue weighted by atomic mass is 10.3. The van der Waals surface area contributed by atoms with Gasteiger partial charge in [-0.05, 0) is 30.3 Å². The van der Waals surface area contributed by atoms with Gasteiger partial charge < -0.3 is 9.84 Å². The number of nitrogens with zero attached hydrogens (tertiary/aromatic N) is 1. The highest BCUT2D eigenvalue weighted by molar-refractivity contribution is 9.10. The second-order valence-corrected chi connectivity index (χ2v) is 4.22. The fourth-order valence-electron chi connectivity index (χ4n) is 1.30. The van der Waals surface area contributed by atoms with Crippen molar-refractivity contribution in [2.75, 3.05) is 0 Å². The maximum Gasteiger partial charge on any atom is 0.224 e. The third-order valence-corrected chi connectivity index (χ3v) is 2.61. The fourth-order valence-corrected chi connectivity index (χ4v) is 1.64. The van der Waals surface area contributed by atoms with Crippen molar-refractivity contribution in [1.29, 1.82) is 0 Å². The van der Waals surface area contributed by atoms with E-state index in [1.807, 2.05) is 0 Å². The highest BCUT2D eigenvalue weighted by atomic mass is 79.9. The van der Waals surface area contributed by atoms with E-state index in [0.29, 0.717) is 10.0 Å². The van der Waals surface area contributed by atoms with Crippen LogP contribution in [0.15, 0.2) is 41.0 Å². The number of ether oxygens (including phenoxy) is 1. The first-order valence-electron chi connectivity index (χ1n) is 4.88. The Kier molecular flexibility index (Phi) is 3.71. The van der Waals surface area contributed by atoms with Crippen LogP contribution in [-0.4, -0.2) is 10.1 Å². The molecule has 2 rings (SSSR count). The number of rotatable bonds is 3. The summed E-state index contributed by atoms with van der Waals surface area (Å²) in [6.45, 7) is -0.210. The molecule has 1 heterocycles. The molecule has 0 bridgehead atoms. The summed E-state index contributed by atoms with van der Waals surface area (Å²) < 4.78 is 19.5. The van der Waals surface area contributed by atoms with Crippen molar-refractivity contribution in [3.05, 3.63) is 52.4 Å². The molecule has 0 spiro atoms. The molecule has 0 unspecified atom stereocenters. The molecule has 0 aliphatic heterocycles. The molecular formula is C12H9BrFNO2. The van der Waals surface area contributed by atoms with Gasteiger partial charge in [0.1, 0.15) is 0 Å². The minimum atomic E-state index is -0.484. The number of pyridine rings is 1. The summed E-state index contributed by atoms with van der Waals surface area (Å²) in [5.74, 6) is -0.220. The maximum atomic E-state index is 13.5. The number of hydrogen-bond donors (Lipinski definition) is 1. The third kappa shape index (κ3) is 2.81. The smallest absolute Gasteiger partial charge is 0.224 e. The Bertz CT molecular complexity index is 534. The topological polar surface area (TPSA) is 42.4 Å². The average molecular weight is 298 g/mol. The molecule has 1 aromatic carbocycles. The Hall–Kier alpha value is -1.46. The molecule has 0 aliphatic rings. The standard InChI is InChI=1S/C12H9BrFNO2/c13-9-3-4-10(14)11(6-9)17-12-8(7-16)2-1-5-15-12/h1-6,16H,7H2. The van der Waals surface area contributed by atoms with Gasteiger partial charge in [0.05, 0.1) is 6.61 Å². The zero-order valence-electron chi connectivity index (χ0n) is 8.73. The Morgan fingerprint density at radius 2 is 2.18 bits per heavy atom. The number of aliphatic hydroxyl groups excluding tert-OH is 1. The lowest BCUT2D eigenvalue weighted by molar-refractivity contribution is 0.274. The SMILES string of the molecule is OCc1cccnc1Oc1cc(Br)ccc1F. The molecule has 2 aromatic rings. The number of aromatic nitrogens is 1. The summed E-state index contributed by atoms with van der Waals surface area (Å²) >= 11 is 3.23. The zero-order valence-corrected chi connectivity index (χ0v) is 10.3. The number of benzene rings is 1. The lowest BCUT2D eigenvalue weighted by Crippen LogP contribution is -1.95. The summed E-state index contributed by atoms with van der Waals surface area (Å²) in [5, 5.41) is 9.10. The van der Waals surface area contributed by atoms with Crippen molar-refractivity contribution in [2.24, 2.45) is 0 Å². The van der Waals surface area contributed by atoms with Crippen LogP contribution in [0.3, 0.4) is 0 Å². The largest absolute Gasteiger partial charge is 0.436 e. The summed E-state index contributed by atoms with van der Waals surface area (Å²) in [6, 6.07) is 7.72. The molecule has 17 heavy (non-hydrogen) atoms. The third-order valence-electron chi connectivity index (χ3n) is 2.12. The van der Waals surface area contributed by atoms with Crippen molar-refractivity contribution in [3.8, 4) is 11.6 Å². The fraction of sp³-hybridized carbons (Fsp3) is 0.0833. The Morgan fingerprint density at radius 3 is 2.94 bits per heavy atom. The maximum absolute atomic E-state index is 13.5. The van der Waals surface area contributed by atoms with Crippen LogP contribution in [0.5, 0.6) is 11.6 Å². The number of hydrogen-bond acceptors (Lipinski definition) is 3. The van der Waals surface area contributed by atoms with Crippen LogP contribution in [-0.2, 0) is 6.61 Å². The highest BCUT2D eigenvalue weighted by Gasteiger charge is 2.09. The molecule has 5 heteroatoms. The Labute approximate surface area is 106 Å². The van der Waals surface area contributed by atoms with Crippen LogP contribution in [0.25, 0.3) is 0 Å². The van der Waals surface area contributed by atoms with E-state index in [0.717, 1.165) is 0 Å². The van der Waals surface area contributed by atoms with Crippen LogP contribution in [0, 0.1) is 5.82 Å². The Balaban J connectivity index is 2.34. The van der Waals surface area contributed by atoms with Crippen LogP contribution in [0.2, 0.25) is 0 Å². The molecule has 1 aromatic heterocycles. The molecule has 88 valence electrons. The molecule has 0 aliphatic carbocycles. The highest BCUT2D eigenvalue weighted by Crippen LogP contribution is 2.28. The van der Waals surface area contributed by atoms with Crippen LogP contribution in [0.4, 0.5) is 4.39 Å². The van der Waals surface area contributed by atoms with Crippen LogP contribution < -0.4 is 4.74 Å². The molecule has 1 N–H and O–H groups in total. The van der Waals surface area contributed by atoms with E-state index < -0.39 is 5.82 Å². The van der Waals surface area contributed by atoms with E-state index in [1.54, 1.807) is 18.2 Å². The van der Waals surface area contributed by atoms with Gasteiger partial charge in [0.2, 0.25) is 5.88 Å². The first-order chi connectivity index (χ1) is 8.20. The van der Waals surface area contributed by atoms with E-state index in [1.165, 1.54) is 18.3 Å². The molecule has 0 saturated heterocycles. The van der Waals surface area contributed by atoms with Gasteiger partial charge >= 0.3 is 0 Å². The molecule has 0 amide bonds. The van der Waals surface area contributed by atoms with E-state index in [4.69, 9.17) is 9.84 Å². The molecule has 3 nitrogen and oxygen atoms in total. The van der Waals surface area contributed by atoms with Crippen molar-refractivity contribution >= 4 is 15.9 Å². The molecular weight excluding hydrogens is 289 g/mol. The second kappa shape index (κ2) is 5.25. The molecule has 0 atom stereocenters. The minimum absolute atomic E-state index is 0.0628. The summed E-state index contributed by atoms with van der Waals surface area (Å²) in [4.78, 5) is 3.95. The van der Waals surface area contributed by atoms with Crippen LogP contribution >= 0.6 is 15.9 Å². The van der Waals surface area contributed by atoms with Gasteiger partial charge in [-0.3, -0.25) is 0 Å². The monoisotopic (exact) mass is 297 g/mol. The van der Waals surface area contributed by atoms with Crippen molar-refractivity contribution in [3.63, 3.8) is 0 Å². The van der Waals surface area contributed by atoms with E-state index in [-0.39, 0.29) is 18.2 Å². The number of aliphatic hydroxyl groups is 1. The molecule has 0 saturated carbocycles. The van der Waals surface area contributed by atoms with Crippen molar-refractivity contribution in [2.45, 2.75) is 6.61 Å². The van der Waals surface area contributed by atoms with E-state index in [2.05, 4.69) is 20.9 Å². The molecule has 0 fully saturated rings. The quantitative estimate of drug-likeness (QED) is 0.945. The summed E-state index contributed by atoms with van der Waals surface area (Å²) in [6.07, 6.45) is 1.52. The first kappa shape index (κ1) is 12.0. The summed E-state index contributed by atoms with van der Waals surface area (Å²) in [7, 11) is 0. The Morgan fingerprint density at radius 1 is 1.35 bits per heavy atom. The normalized spacial score (nSPS) is 10.3. The van der Waals surface area contributed by atoms with E-state index >= 15 is 0 Å².